The number of fused-ring (bicyclic) bond motifs is 2. The van der Waals surface area contributed by atoms with E-state index >= 15 is 0 Å². The first-order valence-electron chi connectivity index (χ1n) is 18.9. The van der Waals surface area contributed by atoms with Gasteiger partial charge in [-0.3, -0.25) is 14.4 Å². The minimum absolute atomic E-state index is 0.00802. The molecule has 0 spiro atoms. The number of nitrogens with one attached hydrogen (secondary N) is 2. The van der Waals surface area contributed by atoms with Crippen LogP contribution in [0, 0.1) is 13.8 Å². The molecule has 54 heavy (non-hydrogen) atoms. The van der Waals surface area contributed by atoms with Crippen LogP contribution in [0.4, 0.5) is 4.79 Å². The fourth-order valence-corrected chi connectivity index (χ4v) is 8.57. The molecule has 1 unspecified atom stereocenters. The summed E-state index contributed by atoms with van der Waals surface area (Å²) in [4.78, 5) is 60.4. The van der Waals surface area contributed by atoms with Crippen LogP contribution in [0.25, 0.3) is 0 Å². The van der Waals surface area contributed by atoms with Crippen LogP contribution in [-0.2, 0) is 20.7 Å². The number of nitrogens with zero attached hydrogens (tertiary/aromatic N) is 3. The van der Waals surface area contributed by atoms with E-state index in [2.05, 4.69) is 10.6 Å². The monoisotopic (exact) mass is 775 g/mol. The summed E-state index contributed by atoms with van der Waals surface area (Å²) in [5.74, 6) is -0.245. The van der Waals surface area contributed by atoms with Crippen molar-refractivity contribution < 1.29 is 23.9 Å². The zero-order chi connectivity index (χ0) is 38.7. The minimum Gasteiger partial charge on any atom is -0.444 e. The van der Waals surface area contributed by atoms with Gasteiger partial charge in [-0.2, -0.15) is 0 Å². The second kappa shape index (κ2) is 16.7. The third kappa shape index (κ3) is 9.57. The summed E-state index contributed by atoms with van der Waals surface area (Å²) in [6.07, 6.45) is 2.87. The molecule has 3 saturated heterocycles. The molecule has 2 bridgehead atoms. The van der Waals surface area contributed by atoms with E-state index in [1.807, 2.05) is 83.1 Å². The lowest BCUT2D eigenvalue weighted by Gasteiger charge is -2.43. The number of halogens is 2. The molecule has 288 valence electrons. The van der Waals surface area contributed by atoms with Crippen molar-refractivity contribution in [1.82, 2.24) is 25.3 Å². The first-order chi connectivity index (χ1) is 25.6. The lowest BCUT2D eigenvalue weighted by atomic mass is 9.95. The molecule has 0 aliphatic carbocycles. The molecule has 0 aromatic heterocycles. The summed E-state index contributed by atoms with van der Waals surface area (Å²) in [5.41, 5.74) is 3.74. The Morgan fingerprint density at radius 3 is 2.17 bits per heavy atom. The largest absolute Gasteiger partial charge is 0.444 e. The number of carbonyl (C=O) groups excluding carboxylic acids is 4. The van der Waals surface area contributed by atoms with E-state index in [9.17, 15) is 19.2 Å². The smallest absolute Gasteiger partial charge is 0.408 e. The molecule has 12 heteroatoms. The van der Waals surface area contributed by atoms with Crippen molar-refractivity contribution in [2.75, 3.05) is 26.2 Å². The van der Waals surface area contributed by atoms with Gasteiger partial charge in [-0.1, -0.05) is 76.8 Å². The van der Waals surface area contributed by atoms with Gasteiger partial charge < -0.3 is 30.1 Å². The molecule has 0 radical (unpaired) electrons. The predicted molar refractivity (Wildman–Crippen MR) is 211 cm³/mol. The topological polar surface area (TPSA) is 111 Å². The quantitative estimate of drug-likeness (QED) is 0.245. The van der Waals surface area contributed by atoms with Gasteiger partial charge in [-0.15, -0.1) is 0 Å². The molecule has 3 aliphatic heterocycles. The molecular weight excluding hydrogens is 725 g/mol. The maximum Gasteiger partial charge on any atom is 0.408 e. The Labute approximate surface area is 328 Å². The highest BCUT2D eigenvalue weighted by Gasteiger charge is 2.45. The maximum atomic E-state index is 14.2. The van der Waals surface area contributed by atoms with Crippen molar-refractivity contribution in [3.05, 3.63) is 105 Å². The van der Waals surface area contributed by atoms with Gasteiger partial charge in [0.1, 0.15) is 11.6 Å². The number of piperazine rings is 1. The van der Waals surface area contributed by atoms with E-state index < -0.39 is 23.8 Å². The van der Waals surface area contributed by atoms with E-state index in [4.69, 9.17) is 27.9 Å². The SMILES string of the molecule is Cc1cc(C)cc(C(=O)N2CCN(C(=O)CNC3C[C@@H]4CC[C@@H](C3)N4C(=O)C(Cc3ccccc3)NC(=O)OC(C)(C)C)[C@H](c3ccc(Cl)c(Cl)c3)C2)c1. The van der Waals surface area contributed by atoms with Crippen molar-refractivity contribution in [2.24, 2.45) is 0 Å². The number of alkyl carbamates (subject to hydrolysis) is 1. The molecule has 3 heterocycles. The van der Waals surface area contributed by atoms with E-state index in [-0.39, 0.29) is 42.4 Å². The lowest BCUT2D eigenvalue weighted by Crippen LogP contribution is -2.58. The summed E-state index contributed by atoms with van der Waals surface area (Å²) >= 11 is 12.7. The highest BCUT2D eigenvalue weighted by molar-refractivity contribution is 6.42. The summed E-state index contributed by atoms with van der Waals surface area (Å²) in [6.45, 7) is 10.6. The predicted octanol–water partition coefficient (Wildman–Crippen LogP) is 6.88. The van der Waals surface area contributed by atoms with Crippen LogP contribution in [0.5, 0.6) is 0 Å². The van der Waals surface area contributed by atoms with Crippen LogP contribution in [-0.4, -0.2) is 94.5 Å². The van der Waals surface area contributed by atoms with Gasteiger partial charge in [-0.25, -0.2) is 4.79 Å². The van der Waals surface area contributed by atoms with E-state index in [0.29, 0.717) is 54.5 Å². The van der Waals surface area contributed by atoms with Crippen molar-refractivity contribution >= 4 is 47.0 Å². The molecule has 3 fully saturated rings. The van der Waals surface area contributed by atoms with Gasteiger partial charge in [-0.05, 0) is 95.7 Å². The third-order valence-corrected chi connectivity index (χ3v) is 11.3. The van der Waals surface area contributed by atoms with Gasteiger partial charge in [0.05, 0.1) is 22.6 Å². The van der Waals surface area contributed by atoms with Gasteiger partial charge >= 0.3 is 6.09 Å². The molecule has 3 aromatic carbocycles. The second-order valence-corrected chi connectivity index (χ2v) is 16.8. The number of hydrogen-bond acceptors (Lipinski definition) is 6. The highest BCUT2D eigenvalue weighted by Crippen LogP contribution is 2.37. The van der Waals surface area contributed by atoms with Crippen LogP contribution in [0.15, 0.2) is 66.7 Å². The fraction of sp³-hybridized carbons (Fsp3) is 0.476. The van der Waals surface area contributed by atoms with Crippen molar-refractivity contribution in [3.63, 3.8) is 0 Å². The number of hydrogen-bond donors (Lipinski definition) is 2. The molecule has 6 rings (SSSR count). The Morgan fingerprint density at radius 1 is 0.870 bits per heavy atom. The Morgan fingerprint density at radius 2 is 1.54 bits per heavy atom. The van der Waals surface area contributed by atoms with Crippen LogP contribution < -0.4 is 10.6 Å². The molecule has 2 N–H and O–H groups in total. The second-order valence-electron chi connectivity index (χ2n) is 16.0. The number of benzene rings is 3. The average Bonchev–Trinajstić information content (AvgIpc) is 3.38. The molecule has 3 aromatic rings. The molecule has 0 saturated carbocycles. The van der Waals surface area contributed by atoms with E-state index in [1.165, 1.54) is 0 Å². The number of rotatable bonds is 9. The number of ether oxygens (including phenoxy) is 1. The standard InChI is InChI=1S/C42H51Cl2N5O5/c1-26-17-27(2)19-30(18-26)39(51)47-15-16-48(37(25-47)29-11-14-34(43)35(44)21-29)38(50)24-45-31-22-32-12-13-33(23-31)49(32)40(52)36(20-28-9-7-6-8-10-28)46-41(53)54-42(3,4)5/h6-11,14,17-19,21,31-33,36-37,45H,12-13,15-16,20,22-25H2,1-5H3,(H,46,53)/t32-,33-,36?,37-/m0/s1. The van der Waals surface area contributed by atoms with Crippen molar-refractivity contribution in [1.29, 1.82) is 0 Å². The summed E-state index contributed by atoms with van der Waals surface area (Å²) < 4.78 is 5.53. The first-order valence-corrected chi connectivity index (χ1v) is 19.6. The Balaban J connectivity index is 1.11. The van der Waals surface area contributed by atoms with Crippen molar-refractivity contribution in [2.45, 2.75) is 103 Å². The summed E-state index contributed by atoms with van der Waals surface area (Å²) in [5, 5.41) is 7.20. The van der Waals surface area contributed by atoms with Crippen LogP contribution >= 0.6 is 23.2 Å². The number of piperidine rings is 1. The van der Waals surface area contributed by atoms with Gasteiger partial charge in [0, 0.05) is 49.7 Å². The Bertz CT molecular complexity index is 1830. The molecule has 10 nitrogen and oxygen atoms in total. The molecular formula is C42H51Cl2N5O5. The fourth-order valence-electron chi connectivity index (χ4n) is 8.27. The summed E-state index contributed by atoms with van der Waals surface area (Å²) in [6, 6.07) is 19.7. The van der Waals surface area contributed by atoms with Gasteiger partial charge in [0.15, 0.2) is 0 Å². The van der Waals surface area contributed by atoms with Gasteiger partial charge in [0.25, 0.3) is 5.91 Å². The van der Waals surface area contributed by atoms with E-state index in [0.717, 1.165) is 35.1 Å². The van der Waals surface area contributed by atoms with Crippen LogP contribution in [0.2, 0.25) is 10.0 Å². The lowest BCUT2D eigenvalue weighted by molar-refractivity contribution is -0.139. The maximum absolute atomic E-state index is 14.2. The van der Waals surface area contributed by atoms with E-state index in [1.54, 1.807) is 32.9 Å². The summed E-state index contributed by atoms with van der Waals surface area (Å²) in [7, 11) is 0. The van der Waals surface area contributed by atoms with Gasteiger partial charge in [0.2, 0.25) is 11.8 Å². The van der Waals surface area contributed by atoms with Crippen LogP contribution in [0.1, 0.15) is 85.1 Å². The average molecular weight is 777 g/mol. The highest BCUT2D eigenvalue weighted by atomic mass is 35.5. The molecule has 3 aliphatic rings. The minimum atomic E-state index is -0.768. The third-order valence-electron chi connectivity index (χ3n) is 10.6. The Hall–Kier alpha value is -4.12. The zero-order valence-electron chi connectivity index (χ0n) is 31.7. The molecule has 4 atom stereocenters. The van der Waals surface area contributed by atoms with Crippen molar-refractivity contribution in [3.8, 4) is 0 Å². The zero-order valence-corrected chi connectivity index (χ0v) is 33.3. The van der Waals surface area contributed by atoms with Crippen LogP contribution in [0.3, 0.4) is 0 Å². The normalized spacial score (nSPS) is 21.8. The number of aryl methyl sites for hydroxylation is 2. The molecule has 4 amide bonds. The first kappa shape index (κ1) is 39.6. The Kier molecular flexibility index (Phi) is 12.2. The number of amides is 4. The number of carbonyl (C=O) groups is 4.